The largest absolute Gasteiger partial charge is 0.385 e. The molecular weight excluding hydrogens is 516 g/mol. The van der Waals surface area contributed by atoms with E-state index in [1.165, 1.54) is 0 Å². The predicted octanol–water partition coefficient (Wildman–Crippen LogP) is 5.38. The summed E-state index contributed by atoms with van der Waals surface area (Å²) in [4.78, 5) is 27.9. The minimum absolute atomic E-state index is 0.172. The Labute approximate surface area is 212 Å². The average Bonchev–Trinajstić information content (AvgIpc) is 2.86. The van der Waals surface area contributed by atoms with Crippen molar-refractivity contribution in [1.29, 1.82) is 0 Å². The van der Waals surface area contributed by atoms with Crippen LogP contribution in [0, 0.1) is 0 Å². The summed E-state index contributed by atoms with van der Waals surface area (Å²) in [6.07, 6.45) is 2.46. The van der Waals surface area contributed by atoms with Crippen molar-refractivity contribution in [3.05, 3.63) is 111 Å². The maximum Gasteiger partial charge on any atom is 0.270 e. The summed E-state index contributed by atoms with van der Waals surface area (Å²) >= 11 is 9.41. The van der Waals surface area contributed by atoms with Gasteiger partial charge in [0.25, 0.3) is 11.8 Å². The Kier molecular flexibility index (Phi) is 7.51. The van der Waals surface area contributed by atoms with Gasteiger partial charge in [0, 0.05) is 28.1 Å². The second-order valence-electron chi connectivity index (χ2n) is 8.26. The molecule has 7 heteroatoms. The molecule has 0 atom stereocenters. The molecule has 0 saturated carbocycles. The topological polar surface area (TPSA) is 69.6 Å². The summed E-state index contributed by atoms with van der Waals surface area (Å²) in [7, 11) is 0. The van der Waals surface area contributed by atoms with Gasteiger partial charge in [-0.25, -0.2) is 0 Å². The van der Waals surface area contributed by atoms with Crippen molar-refractivity contribution < 1.29 is 14.7 Å². The number of hydrogen-bond acceptors (Lipinski definition) is 3. The molecule has 2 amide bonds. The Bertz CT molecular complexity index is 1190. The molecule has 0 aromatic heterocycles. The molecule has 5 nitrogen and oxygen atoms in total. The highest BCUT2D eigenvalue weighted by Crippen LogP contribution is 2.33. The fourth-order valence-corrected chi connectivity index (χ4v) is 4.35. The van der Waals surface area contributed by atoms with Gasteiger partial charge in [-0.15, -0.1) is 0 Å². The zero-order chi connectivity index (χ0) is 24.1. The minimum atomic E-state index is -0.995. The van der Waals surface area contributed by atoms with E-state index in [1.807, 2.05) is 30.3 Å². The summed E-state index contributed by atoms with van der Waals surface area (Å²) in [5, 5.41) is 14.5. The summed E-state index contributed by atoms with van der Waals surface area (Å²) in [5.74, 6) is -0.658. The number of piperidine rings is 1. The predicted molar refractivity (Wildman–Crippen MR) is 137 cm³/mol. The van der Waals surface area contributed by atoms with Crippen LogP contribution in [0.25, 0.3) is 6.08 Å². The molecular formula is C27H24BrClN2O3. The lowest BCUT2D eigenvalue weighted by atomic mass is 9.84. The van der Waals surface area contributed by atoms with Crippen molar-refractivity contribution in [1.82, 2.24) is 10.2 Å². The van der Waals surface area contributed by atoms with Crippen LogP contribution in [0.1, 0.15) is 34.3 Å². The first kappa shape index (κ1) is 24.2. The zero-order valence-corrected chi connectivity index (χ0v) is 20.7. The second kappa shape index (κ2) is 10.6. The van der Waals surface area contributed by atoms with Crippen LogP contribution < -0.4 is 5.32 Å². The van der Waals surface area contributed by atoms with Gasteiger partial charge < -0.3 is 15.3 Å². The molecule has 3 aromatic carbocycles. The third-order valence-corrected chi connectivity index (χ3v) is 6.74. The highest BCUT2D eigenvalue weighted by Gasteiger charge is 2.36. The molecule has 4 rings (SSSR count). The van der Waals surface area contributed by atoms with E-state index in [0.29, 0.717) is 36.5 Å². The standard InChI is InChI=1S/C27H24BrClN2O3/c28-22-10-8-21(9-11-22)27(34)14-16-31(17-15-27)26(33)24(18-19-6-12-23(29)13-7-19)30-25(32)20-4-2-1-3-5-20/h1-13,18,34H,14-17H2,(H,30,32)/b24-18-. The zero-order valence-electron chi connectivity index (χ0n) is 18.4. The van der Waals surface area contributed by atoms with Crippen molar-refractivity contribution >= 4 is 45.4 Å². The van der Waals surface area contributed by atoms with E-state index in [1.54, 1.807) is 59.5 Å². The number of nitrogens with zero attached hydrogens (tertiary/aromatic N) is 1. The summed E-state index contributed by atoms with van der Waals surface area (Å²) in [6.45, 7) is 0.731. The number of carbonyl (C=O) groups excluding carboxylic acids is 2. The first-order valence-electron chi connectivity index (χ1n) is 11.0. The molecule has 3 aromatic rings. The van der Waals surface area contributed by atoms with E-state index < -0.39 is 5.60 Å². The van der Waals surface area contributed by atoms with Gasteiger partial charge in [0.05, 0.1) is 5.60 Å². The smallest absolute Gasteiger partial charge is 0.270 e. The summed E-state index contributed by atoms with van der Waals surface area (Å²) in [5.41, 5.74) is 1.21. The van der Waals surface area contributed by atoms with Crippen LogP contribution in [0.5, 0.6) is 0 Å². The fraction of sp³-hybridized carbons (Fsp3) is 0.185. The lowest BCUT2D eigenvalue weighted by Crippen LogP contribution is -2.47. The van der Waals surface area contributed by atoms with Crippen molar-refractivity contribution in [3.8, 4) is 0 Å². The Morgan fingerprint density at radius 1 is 0.941 bits per heavy atom. The molecule has 1 heterocycles. The molecule has 1 aliphatic heterocycles. The molecule has 0 spiro atoms. The first-order chi connectivity index (χ1) is 16.3. The van der Waals surface area contributed by atoms with Crippen molar-refractivity contribution in [3.63, 3.8) is 0 Å². The molecule has 1 aliphatic rings. The van der Waals surface area contributed by atoms with E-state index >= 15 is 0 Å². The molecule has 174 valence electrons. The summed E-state index contributed by atoms with van der Waals surface area (Å²) < 4.78 is 0.943. The minimum Gasteiger partial charge on any atom is -0.385 e. The number of rotatable bonds is 5. The number of amides is 2. The van der Waals surface area contributed by atoms with Gasteiger partial charge in [0.1, 0.15) is 5.70 Å². The highest BCUT2D eigenvalue weighted by molar-refractivity contribution is 9.10. The fourth-order valence-electron chi connectivity index (χ4n) is 3.96. The van der Waals surface area contributed by atoms with Crippen LogP contribution >= 0.6 is 27.5 Å². The number of hydrogen-bond donors (Lipinski definition) is 2. The van der Waals surface area contributed by atoms with Crippen LogP contribution in [0.15, 0.2) is 89.0 Å². The first-order valence-corrected chi connectivity index (χ1v) is 12.1. The third-order valence-electron chi connectivity index (χ3n) is 5.95. The van der Waals surface area contributed by atoms with E-state index in [-0.39, 0.29) is 17.5 Å². The van der Waals surface area contributed by atoms with E-state index in [2.05, 4.69) is 21.2 Å². The SMILES string of the molecule is O=C(N/C(=C\c1ccc(Cl)cc1)C(=O)N1CCC(O)(c2ccc(Br)cc2)CC1)c1ccccc1. The summed E-state index contributed by atoms with van der Waals surface area (Å²) in [6, 6.07) is 23.4. The molecule has 0 bridgehead atoms. The van der Waals surface area contributed by atoms with Crippen LogP contribution in [-0.4, -0.2) is 34.9 Å². The molecule has 2 N–H and O–H groups in total. The highest BCUT2D eigenvalue weighted by atomic mass is 79.9. The van der Waals surface area contributed by atoms with Gasteiger partial charge in [0.2, 0.25) is 0 Å². The van der Waals surface area contributed by atoms with Gasteiger partial charge in [-0.3, -0.25) is 9.59 Å². The molecule has 0 radical (unpaired) electrons. The number of carbonyl (C=O) groups is 2. The molecule has 1 fully saturated rings. The maximum absolute atomic E-state index is 13.5. The van der Waals surface area contributed by atoms with E-state index in [9.17, 15) is 14.7 Å². The van der Waals surface area contributed by atoms with Crippen LogP contribution in [0.2, 0.25) is 5.02 Å². The second-order valence-corrected chi connectivity index (χ2v) is 9.61. The Morgan fingerprint density at radius 2 is 1.56 bits per heavy atom. The molecule has 0 aliphatic carbocycles. The monoisotopic (exact) mass is 538 g/mol. The Hall–Kier alpha value is -2.93. The third kappa shape index (κ3) is 5.76. The Morgan fingerprint density at radius 3 is 2.18 bits per heavy atom. The normalized spacial score (nSPS) is 15.6. The number of likely N-dealkylation sites (tertiary alicyclic amines) is 1. The van der Waals surface area contributed by atoms with Crippen molar-refractivity contribution in [2.24, 2.45) is 0 Å². The molecule has 1 saturated heterocycles. The van der Waals surface area contributed by atoms with Gasteiger partial charge in [-0.05, 0) is 66.4 Å². The number of nitrogens with one attached hydrogen (secondary N) is 1. The maximum atomic E-state index is 13.5. The van der Waals surface area contributed by atoms with Crippen molar-refractivity contribution in [2.75, 3.05) is 13.1 Å². The average molecular weight is 540 g/mol. The van der Waals surface area contributed by atoms with E-state index in [4.69, 9.17) is 11.6 Å². The van der Waals surface area contributed by atoms with Gasteiger partial charge in [-0.2, -0.15) is 0 Å². The lowest BCUT2D eigenvalue weighted by molar-refractivity contribution is -0.131. The van der Waals surface area contributed by atoms with Gasteiger partial charge in [0.15, 0.2) is 0 Å². The lowest BCUT2D eigenvalue weighted by Gasteiger charge is -2.38. The molecule has 0 unspecified atom stereocenters. The number of benzene rings is 3. The number of aliphatic hydroxyl groups is 1. The van der Waals surface area contributed by atoms with Crippen LogP contribution in [0.3, 0.4) is 0 Å². The quantitative estimate of drug-likeness (QED) is 0.428. The van der Waals surface area contributed by atoms with Gasteiger partial charge >= 0.3 is 0 Å². The Balaban J connectivity index is 1.54. The molecule has 34 heavy (non-hydrogen) atoms. The van der Waals surface area contributed by atoms with Crippen LogP contribution in [0.4, 0.5) is 0 Å². The number of halogens is 2. The van der Waals surface area contributed by atoms with E-state index in [0.717, 1.165) is 15.6 Å². The van der Waals surface area contributed by atoms with Gasteiger partial charge in [-0.1, -0.05) is 70.0 Å². The van der Waals surface area contributed by atoms with Crippen LogP contribution in [-0.2, 0) is 10.4 Å². The van der Waals surface area contributed by atoms with Crippen molar-refractivity contribution in [2.45, 2.75) is 18.4 Å².